The Bertz CT molecular complexity index is 1450. The normalized spacial score (nSPS) is 17.4. The maximum absolute atomic E-state index is 13.9. The van der Waals surface area contributed by atoms with E-state index in [4.69, 9.17) is 5.73 Å². The van der Waals surface area contributed by atoms with Gasteiger partial charge in [0.25, 0.3) is 5.91 Å². The summed E-state index contributed by atoms with van der Waals surface area (Å²) >= 11 is 0. The molecule has 2 amide bonds. The molecule has 1 saturated heterocycles. The maximum atomic E-state index is 13.9. The lowest BCUT2D eigenvalue weighted by Crippen LogP contribution is -2.49. The maximum Gasteiger partial charge on any atom is 0.253 e. The lowest BCUT2D eigenvalue weighted by atomic mass is 9.90. The van der Waals surface area contributed by atoms with E-state index < -0.39 is 0 Å². The van der Waals surface area contributed by atoms with E-state index in [1.54, 1.807) is 4.90 Å². The zero-order valence-corrected chi connectivity index (χ0v) is 24.7. The molecule has 4 aromatic rings. The standard InChI is InChI=1S/C36H42N4O2/c1-26-15-16-30-23-31(18-17-29(30)22-26)35(41)39(2)24-32-19-21-40(36(42)34(38-32)14-9-20-37)25-33(27-10-5-3-6-11-27)28-12-7-4-8-13-28/h3-8,10-13,15-18,22-23,32-34,38H,9,14,19-21,24-25,37H2,1-2H3/t32-,34-/m0/s1. The largest absolute Gasteiger partial charge is 0.340 e. The Morgan fingerprint density at radius 2 is 1.60 bits per heavy atom. The van der Waals surface area contributed by atoms with E-state index in [0.29, 0.717) is 38.2 Å². The van der Waals surface area contributed by atoms with Crippen molar-refractivity contribution < 1.29 is 9.59 Å². The second-order valence-corrected chi connectivity index (χ2v) is 11.5. The molecular formula is C36H42N4O2. The van der Waals surface area contributed by atoms with Gasteiger partial charge in [0.2, 0.25) is 5.91 Å². The molecule has 0 spiro atoms. The van der Waals surface area contributed by atoms with Crippen molar-refractivity contribution in [2.24, 2.45) is 5.73 Å². The molecule has 4 aromatic carbocycles. The molecule has 0 radical (unpaired) electrons. The SMILES string of the molecule is Cc1ccc2cc(C(=O)N(C)C[C@@H]3CCN(CC(c4ccccc4)c4ccccc4)C(=O)[C@H](CCCN)N3)ccc2c1. The Kier molecular flexibility index (Phi) is 9.67. The number of fused-ring (bicyclic) bond motifs is 1. The van der Waals surface area contributed by atoms with Gasteiger partial charge in [0.1, 0.15) is 0 Å². The van der Waals surface area contributed by atoms with E-state index in [2.05, 4.69) is 79.0 Å². The lowest BCUT2D eigenvalue weighted by Gasteiger charge is -2.29. The summed E-state index contributed by atoms with van der Waals surface area (Å²) in [7, 11) is 1.85. The molecule has 5 rings (SSSR count). The van der Waals surface area contributed by atoms with Crippen LogP contribution in [-0.4, -0.2) is 66.9 Å². The molecule has 218 valence electrons. The summed E-state index contributed by atoms with van der Waals surface area (Å²) < 4.78 is 0. The van der Waals surface area contributed by atoms with E-state index in [1.165, 1.54) is 16.7 Å². The van der Waals surface area contributed by atoms with Gasteiger partial charge in [-0.1, -0.05) is 90.5 Å². The first-order valence-electron chi connectivity index (χ1n) is 15.0. The molecule has 0 aromatic heterocycles. The minimum atomic E-state index is -0.333. The third-order valence-corrected chi connectivity index (χ3v) is 8.38. The second-order valence-electron chi connectivity index (χ2n) is 11.5. The lowest BCUT2D eigenvalue weighted by molar-refractivity contribution is -0.133. The number of benzene rings is 4. The summed E-state index contributed by atoms with van der Waals surface area (Å²) in [4.78, 5) is 31.2. The van der Waals surface area contributed by atoms with Crippen LogP contribution < -0.4 is 11.1 Å². The molecular weight excluding hydrogens is 520 g/mol. The van der Waals surface area contributed by atoms with Crippen LogP contribution >= 0.6 is 0 Å². The number of likely N-dealkylation sites (N-methyl/N-ethyl adjacent to an activating group) is 1. The first kappa shape index (κ1) is 29.5. The number of hydrogen-bond acceptors (Lipinski definition) is 4. The molecule has 1 aliphatic heterocycles. The van der Waals surface area contributed by atoms with Crippen LogP contribution in [0.25, 0.3) is 10.8 Å². The summed E-state index contributed by atoms with van der Waals surface area (Å²) in [6.45, 7) is 4.36. The highest BCUT2D eigenvalue weighted by Crippen LogP contribution is 2.27. The fourth-order valence-corrected chi connectivity index (χ4v) is 6.06. The number of nitrogens with one attached hydrogen (secondary N) is 1. The highest BCUT2D eigenvalue weighted by Gasteiger charge is 2.33. The van der Waals surface area contributed by atoms with Gasteiger partial charge in [0.15, 0.2) is 0 Å². The van der Waals surface area contributed by atoms with Crippen molar-refractivity contribution >= 4 is 22.6 Å². The highest BCUT2D eigenvalue weighted by molar-refractivity contribution is 5.98. The number of carbonyl (C=O) groups is 2. The molecule has 0 unspecified atom stereocenters. The van der Waals surface area contributed by atoms with Gasteiger partial charge in [0.05, 0.1) is 6.04 Å². The van der Waals surface area contributed by atoms with E-state index in [9.17, 15) is 9.59 Å². The van der Waals surface area contributed by atoms with Crippen LogP contribution in [0, 0.1) is 6.92 Å². The average Bonchev–Trinajstić information content (AvgIpc) is 3.16. The molecule has 1 fully saturated rings. The minimum absolute atomic E-state index is 0.00863. The predicted molar refractivity (Wildman–Crippen MR) is 171 cm³/mol. The number of nitrogens with zero attached hydrogens (tertiary/aromatic N) is 2. The monoisotopic (exact) mass is 562 g/mol. The Balaban J connectivity index is 1.32. The number of amides is 2. The number of rotatable bonds is 10. The van der Waals surface area contributed by atoms with E-state index in [1.807, 2.05) is 42.3 Å². The quantitative estimate of drug-likeness (QED) is 0.273. The Labute approximate surface area is 249 Å². The van der Waals surface area contributed by atoms with Crippen molar-refractivity contribution in [1.29, 1.82) is 0 Å². The van der Waals surface area contributed by atoms with Crippen molar-refractivity contribution in [2.75, 3.05) is 33.2 Å². The summed E-state index contributed by atoms with van der Waals surface area (Å²) in [5, 5.41) is 5.80. The van der Waals surface area contributed by atoms with Crippen LogP contribution in [-0.2, 0) is 4.79 Å². The van der Waals surface area contributed by atoms with Crippen LogP contribution in [0.3, 0.4) is 0 Å². The summed E-state index contributed by atoms with van der Waals surface area (Å²) in [5.41, 5.74) is 10.1. The van der Waals surface area contributed by atoms with Crippen LogP contribution in [0.1, 0.15) is 52.2 Å². The van der Waals surface area contributed by atoms with Crippen LogP contribution in [0.4, 0.5) is 0 Å². The first-order valence-corrected chi connectivity index (χ1v) is 15.0. The van der Waals surface area contributed by atoms with Gasteiger partial charge in [-0.05, 0) is 66.8 Å². The van der Waals surface area contributed by atoms with Gasteiger partial charge in [-0.25, -0.2) is 0 Å². The number of nitrogens with two attached hydrogens (primary N) is 1. The number of aryl methyl sites for hydroxylation is 1. The zero-order chi connectivity index (χ0) is 29.5. The van der Waals surface area contributed by atoms with Gasteiger partial charge in [-0.3, -0.25) is 9.59 Å². The molecule has 0 aliphatic carbocycles. The fourth-order valence-electron chi connectivity index (χ4n) is 6.06. The Hall–Kier alpha value is -4.00. The second kappa shape index (κ2) is 13.8. The van der Waals surface area contributed by atoms with Crippen molar-refractivity contribution in [3.63, 3.8) is 0 Å². The minimum Gasteiger partial charge on any atom is -0.340 e. The summed E-state index contributed by atoms with van der Waals surface area (Å²) in [6.07, 6.45) is 2.19. The molecule has 6 heteroatoms. The summed E-state index contributed by atoms with van der Waals surface area (Å²) in [6, 6.07) is 32.7. The van der Waals surface area contributed by atoms with Gasteiger partial charge in [-0.15, -0.1) is 0 Å². The molecule has 1 aliphatic rings. The van der Waals surface area contributed by atoms with E-state index in [-0.39, 0.29) is 29.8 Å². The van der Waals surface area contributed by atoms with Gasteiger partial charge in [0, 0.05) is 44.2 Å². The molecule has 1 heterocycles. The topological polar surface area (TPSA) is 78.7 Å². The Morgan fingerprint density at radius 3 is 2.26 bits per heavy atom. The smallest absolute Gasteiger partial charge is 0.253 e. The van der Waals surface area contributed by atoms with Crippen LogP contribution in [0.15, 0.2) is 97.1 Å². The van der Waals surface area contributed by atoms with Crippen LogP contribution in [0.2, 0.25) is 0 Å². The third kappa shape index (κ3) is 7.07. The van der Waals surface area contributed by atoms with Crippen molar-refractivity contribution in [1.82, 2.24) is 15.1 Å². The highest BCUT2D eigenvalue weighted by atomic mass is 16.2. The van der Waals surface area contributed by atoms with Gasteiger partial charge < -0.3 is 20.9 Å². The molecule has 0 bridgehead atoms. The molecule has 2 atom stereocenters. The summed E-state index contributed by atoms with van der Waals surface area (Å²) in [5.74, 6) is 0.170. The molecule has 42 heavy (non-hydrogen) atoms. The molecule has 3 N–H and O–H groups in total. The van der Waals surface area contributed by atoms with E-state index in [0.717, 1.165) is 23.6 Å². The Morgan fingerprint density at radius 1 is 0.952 bits per heavy atom. The van der Waals surface area contributed by atoms with Crippen molar-refractivity contribution in [2.45, 2.75) is 44.2 Å². The third-order valence-electron chi connectivity index (χ3n) is 8.38. The van der Waals surface area contributed by atoms with E-state index >= 15 is 0 Å². The number of hydrogen-bond donors (Lipinski definition) is 2. The van der Waals surface area contributed by atoms with Crippen molar-refractivity contribution in [3.8, 4) is 0 Å². The predicted octanol–water partition coefficient (Wildman–Crippen LogP) is 5.35. The molecule has 0 saturated carbocycles. The zero-order valence-electron chi connectivity index (χ0n) is 24.7. The van der Waals surface area contributed by atoms with Crippen molar-refractivity contribution in [3.05, 3.63) is 119 Å². The van der Waals surface area contributed by atoms with Gasteiger partial charge >= 0.3 is 0 Å². The molecule has 6 nitrogen and oxygen atoms in total. The van der Waals surface area contributed by atoms with Gasteiger partial charge in [-0.2, -0.15) is 0 Å². The average molecular weight is 563 g/mol. The fraction of sp³-hybridized carbons (Fsp3) is 0.333. The first-order chi connectivity index (χ1) is 20.4. The van der Waals surface area contributed by atoms with Crippen LogP contribution in [0.5, 0.6) is 0 Å². The number of carbonyl (C=O) groups excluding carboxylic acids is 2.